The van der Waals surface area contributed by atoms with Crippen molar-refractivity contribution >= 4 is 17.6 Å². The van der Waals surface area contributed by atoms with Crippen molar-refractivity contribution in [2.24, 2.45) is 0 Å². The maximum atomic E-state index is 13.1. The Kier molecular flexibility index (Phi) is 10.8. The van der Waals surface area contributed by atoms with E-state index in [-0.39, 0.29) is 11.3 Å². The van der Waals surface area contributed by atoms with Crippen LogP contribution in [0, 0.1) is 0 Å². The van der Waals surface area contributed by atoms with E-state index in [4.69, 9.17) is 9.47 Å². The second-order valence-corrected chi connectivity index (χ2v) is 11.3. The minimum absolute atomic E-state index is 0.0796. The van der Waals surface area contributed by atoms with E-state index in [0.717, 1.165) is 50.6 Å². The Morgan fingerprint density at radius 2 is 1.54 bits per heavy atom. The normalized spacial score (nSPS) is 14.6. The molecule has 41 heavy (non-hydrogen) atoms. The minimum Gasteiger partial charge on any atom is -0.457 e. The lowest BCUT2D eigenvalue weighted by Crippen LogP contribution is -2.49. The molecule has 0 radical (unpaired) electrons. The maximum absolute atomic E-state index is 13.1. The average molecular weight is 559 g/mol. The van der Waals surface area contributed by atoms with Gasteiger partial charge in [0.2, 0.25) is 5.91 Å². The van der Waals surface area contributed by atoms with Gasteiger partial charge in [0.15, 0.2) is 0 Å². The van der Waals surface area contributed by atoms with Crippen LogP contribution >= 0.6 is 0 Å². The number of benzene rings is 3. The second-order valence-electron chi connectivity index (χ2n) is 11.3. The molecule has 1 saturated heterocycles. The molecular weight excluding hydrogens is 516 g/mol. The molecule has 218 valence electrons. The molecule has 1 fully saturated rings. The van der Waals surface area contributed by atoms with Gasteiger partial charge in [0.05, 0.1) is 13.2 Å². The molecule has 0 spiro atoms. The molecule has 1 atom stereocenters. The molecule has 3 aromatic rings. The summed E-state index contributed by atoms with van der Waals surface area (Å²) in [5.74, 6) is 1.21. The quantitative estimate of drug-likeness (QED) is 0.276. The van der Waals surface area contributed by atoms with Crippen molar-refractivity contribution in [3.63, 3.8) is 0 Å². The van der Waals surface area contributed by atoms with E-state index >= 15 is 0 Å². The first kappa shape index (κ1) is 30.1. The third-order valence-electron chi connectivity index (χ3n) is 7.03. The summed E-state index contributed by atoms with van der Waals surface area (Å²) in [5, 5.41) is 8.69. The van der Waals surface area contributed by atoms with E-state index in [0.29, 0.717) is 24.4 Å². The fourth-order valence-electron chi connectivity index (χ4n) is 4.61. The molecule has 4 rings (SSSR count). The number of hydrogen-bond donors (Lipinski definition) is 3. The van der Waals surface area contributed by atoms with Gasteiger partial charge in [-0.05, 0) is 65.9 Å². The van der Waals surface area contributed by atoms with Crippen molar-refractivity contribution in [3.05, 3.63) is 90.0 Å². The first-order chi connectivity index (χ1) is 19.8. The Morgan fingerprint density at radius 1 is 0.902 bits per heavy atom. The number of carbonyl (C=O) groups excluding carboxylic acids is 2. The van der Waals surface area contributed by atoms with E-state index < -0.39 is 12.1 Å². The van der Waals surface area contributed by atoms with Gasteiger partial charge in [-0.3, -0.25) is 9.69 Å². The highest BCUT2D eigenvalue weighted by molar-refractivity contribution is 5.93. The van der Waals surface area contributed by atoms with Crippen molar-refractivity contribution in [2.45, 2.75) is 45.1 Å². The summed E-state index contributed by atoms with van der Waals surface area (Å²) in [6.07, 6.45) is 1.23. The van der Waals surface area contributed by atoms with Gasteiger partial charge in [-0.25, -0.2) is 4.79 Å². The molecule has 0 saturated carbocycles. The summed E-state index contributed by atoms with van der Waals surface area (Å²) in [7, 11) is 0. The lowest BCUT2D eigenvalue weighted by molar-refractivity contribution is -0.122. The fourth-order valence-corrected chi connectivity index (χ4v) is 4.61. The zero-order valence-electron chi connectivity index (χ0n) is 24.3. The predicted molar refractivity (Wildman–Crippen MR) is 163 cm³/mol. The van der Waals surface area contributed by atoms with Crippen LogP contribution in [-0.2, 0) is 21.4 Å². The highest BCUT2D eigenvalue weighted by Gasteiger charge is 2.21. The van der Waals surface area contributed by atoms with Crippen LogP contribution in [0.2, 0.25) is 0 Å². The molecule has 0 aliphatic carbocycles. The van der Waals surface area contributed by atoms with E-state index in [1.807, 2.05) is 42.5 Å². The molecule has 8 nitrogen and oxygen atoms in total. The first-order valence-corrected chi connectivity index (χ1v) is 14.3. The minimum atomic E-state index is -0.709. The number of rotatable bonds is 11. The predicted octanol–water partition coefficient (Wildman–Crippen LogP) is 5.35. The summed E-state index contributed by atoms with van der Waals surface area (Å²) in [5.41, 5.74) is 2.89. The van der Waals surface area contributed by atoms with Crippen LogP contribution in [0.1, 0.15) is 38.3 Å². The number of carbonyl (C=O) groups is 2. The topological polar surface area (TPSA) is 91.9 Å². The molecule has 0 bridgehead atoms. The second kappa shape index (κ2) is 14.7. The first-order valence-electron chi connectivity index (χ1n) is 14.3. The van der Waals surface area contributed by atoms with Gasteiger partial charge >= 0.3 is 6.03 Å². The standard InChI is InChI=1S/C33H42N4O4/c1-33(2,3)26-10-14-28(15-11-26)41-29-16-12-27(13-17-29)35-32(39)36-30(24-25-8-5-4-6-9-25)31(38)34-18-7-19-37-20-22-40-23-21-37/h4-6,8-17,30H,7,18-24H2,1-3H3,(H,34,38)(H2,35,36,39)/t30-/m1/s1. The average Bonchev–Trinajstić information content (AvgIpc) is 2.97. The van der Waals surface area contributed by atoms with Crippen LogP contribution in [0.15, 0.2) is 78.9 Å². The van der Waals surface area contributed by atoms with E-state index in [9.17, 15) is 9.59 Å². The molecule has 3 amide bonds. The Labute approximate surface area is 243 Å². The van der Waals surface area contributed by atoms with Crippen LogP contribution in [0.25, 0.3) is 0 Å². The van der Waals surface area contributed by atoms with Crippen LogP contribution in [0.5, 0.6) is 11.5 Å². The van der Waals surface area contributed by atoms with E-state index in [2.05, 4.69) is 53.8 Å². The number of nitrogens with zero attached hydrogens (tertiary/aromatic N) is 1. The molecule has 0 aromatic heterocycles. The number of ether oxygens (including phenoxy) is 2. The Hall–Kier alpha value is -3.88. The van der Waals surface area contributed by atoms with Crippen molar-refractivity contribution in [1.82, 2.24) is 15.5 Å². The third kappa shape index (κ3) is 9.92. The van der Waals surface area contributed by atoms with Crippen molar-refractivity contribution in [3.8, 4) is 11.5 Å². The molecule has 1 heterocycles. The van der Waals surface area contributed by atoms with E-state index in [1.165, 1.54) is 5.56 Å². The van der Waals surface area contributed by atoms with E-state index in [1.54, 1.807) is 24.3 Å². The molecule has 3 aromatic carbocycles. The molecular formula is C33H42N4O4. The monoisotopic (exact) mass is 558 g/mol. The SMILES string of the molecule is CC(C)(C)c1ccc(Oc2ccc(NC(=O)N[C@H](Cc3ccccc3)C(=O)NCCCN3CCOCC3)cc2)cc1. The van der Waals surface area contributed by atoms with Crippen molar-refractivity contribution in [2.75, 3.05) is 44.7 Å². The molecule has 3 N–H and O–H groups in total. The highest BCUT2D eigenvalue weighted by Crippen LogP contribution is 2.27. The fraction of sp³-hybridized carbons (Fsp3) is 0.394. The zero-order chi connectivity index (χ0) is 29.1. The molecule has 1 aliphatic heterocycles. The summed E-state index contributed by atoms with van der Waals surface area (Å²) >= 11 is 0. The van der Waals surface area contributed by atoms with Gasteiger partial charge in [0.25, 0.3) is 0 Å². The smallest absolute Gasteiger partial charge is 0.319 e. The maximum Gasteiger partial charge on any atom is 0.319 e. The third-order valence-corrected chi connectivity index (χ3v) is 7.03. The van der Waals surface area contributed by atoms with Crippen molar-refractivity contribution < 1.29 is 19.1 Å². The lowest BCUT2D eigenvalue weighted by atomic mass is 9.87. The summed E-state index contributed by atoms with van der Waals surface area (Å²) in [4.78, 5) is 28.3. The Morgan fingerprint density at radius 3 is 2.17 bits per heavy atom. The van der Waals surface area contributed by atoms with Crippen molar-refractivity contribution in [1.29, 1.82) is 0 Å². The number of hydrogen-bond acceptors (Lipinski definition) is 5. The van der Waals surface area contributed by atoms with Crippen LogP contribution in [0.4, 0.5) is 10.5 Å². The Balaban J connectivity index is 1.29. The van der Waals surface area contributed by atoms with Gasteiger partial charge in [0, 0.05) is 31.7 Å². The van der Waals surface area contributed by atoms with Gasteiger partial charge in [-0.15, -0.1) is 0 Å². The number of nitrogens with one attached hydrogen (secondary N) is 3. The van der Waals surface area contributed by atoms with Gasteiger partial charge in [-0.2, -0.15) is 0 Å². The van der Waals surface area contributed by atoms with Gasteiger partial charge < -0.3 is 25.4 Å². The number of morpholine rings is 1. The van der Waals surface area contributed by atoms with Crippen LogP contribution in [0.3, 0.4) is 0 Å². The van der Waals surface area contributed by atoms with Crippen LogP contribution in [-0.4, -0.2) is 62.3 Å². The number of anilines is 1. The summed E-state index contributed by atoms with van der Waals surface area (Å²) < 4.78 is 11.4. The van der Waals surface area contributed by atoms with Gasteiger partial charge in [-0.1, -0.05) is 63.2 Å². The molecule has 1 aliphatic rings. The van der Waals surface area contributed by atoms with Gasteiger partial charge in [0.1, 0.15) is 17.5 Å². The van der Waals surface area contributed by atoms with Crippen LogP contribution < -0.4 is 20.7 Å². The lowest BCUT2D eigenvalue weighted by Gasteiger charge is -2.26. The number of amides is 3. The largest absolute Gasteiger partial charge is 0.457 e. The molecule has 8 heteroatoms. The zero-order valence-corrected chi connectivity index (χ0v) is 24.3. The summed E-state index contributed by atoms with van der Waals surface area (Å²) in [6.45, 7) is 11.3. The highest BCUT2D eigenvalue weighted by atomic mass is 16.5. The summed E-state index contributed by atoms with van der Waals surface area (Å²) in [6, 6.07) is 23.7. The Bertz CT molecular complexity index is 1230. The number of urea groups is 1. The molecule has 0 unspecified atom stereocenters.